The Morgan fingerprint density at radius 3 is 2.70 bits per heavy atom. The maximum atomic E-state index is 12.7. The monoisotopic (exact) mass is 428 g/mol. The zero-order valence-corrected chi connectivity index (χ0v) is 16.7. The molecule has 0 spiro atoms. The molecule has 2 atom stereocenters. The van der Waals surface area contributed by atoms with E-state index in [4.69, 9.17) is 5.73 Å². The van der Waals surface area contributed by atoms with Gasteiger partial charge in [0, 0.05) is 23.6 Å². The number of carbonyl (C=O) groups is 4. The van der Waals surface area contributed by atoms with E-state index in [1.54, 1.807) is 30.3 Å². The number of carboxylic acid groups (broad SMARTS) is 1. The van der Waals surface area contributed by atoms with Crippen LogP contribution in [0.4, 0.5) is 5.69 Å². The second kappa shape index (κ2) is 7.96. The number of thioether (sulfide) groups is 1. The van der Waals surface area contributed by atoms with Crippen LogP contribution in [-0.2, 0) is 19.2 Å². The number of carbonyl (C=O) groups excluding carboxylic acids is 3. The molecule has 4 rings (SSSR count). The summed E-state index contributed by atoms with van der Waals surface area (Å²) in [6.45, 7) is 0.276. The van der Waals surface area contributed by atoms with Crippen LogP contribution < -0.4 is 11.1 Å². The van der Waals surface area contributed by atoms with Crippen LogP contribution in [0.25, 0.3) is 0 Å². The van der Waals surface area contributed by atoms with E-state index < -0.39 is 17.9 Å². The Bertz CT molecular complexity index is 990. The molecule has 0 bridgehead atoms. The number of likely N-dealkylation sites (tertiary alicyclic amines) is 1. The third-order valence-electron chi connectivity index (χ3n) is 5.19. The van der Waals surface area contributed by atoms with E-state index in [2.05, 4.69) is 5.32 Å². The van der Waals surface area contributed by atoms with Gasteiger partial charge in [-0.05, 0) is 30.2 Å². The molecule has 4 N–H and O–H groups in total. The van der Waals surface area contributed by atoms with Gasteiger partial charge in [-0.15, -0.1) is 11.8 Å². The van der Waals surface area contributed by atoms with Crippen molar-refractivity contribution in [3.8, 4) is 0 Å². The number of fused-ring (bicyclic) bond motifs is 1. The van der Waals surface area contributed by atoms with Crippen LogP contribution in [0.15, 0.2) is 53.3 Å². The number of benzene rings is 1. The number of allylic oxidation sites excluding steroid dienone is 1. The molecular weight excluding hydrogens is 408 g/mol. The number of carboxylic acids is 1. The summed E-state index contributed by atoms with van der Waals surface area (Å²) < 4.78 is 0. The zero-order valence-electron chi connectivity index (χ0n) is 15.9. The molecule has 3 amide bonds. The molecule has 2 fully saturated rings. The predicted molar refractivity (Wildman–Crippen MR) is 110 cm³/mol. The van der Waals surface area contributed by atoms with Crippen LogP contribution >= 0.6 is 11.8 Å². The first-order chi connectivity index (χ1) is 14.4. The highest BCUT2D eigenvalue weighted by Gasteiger charge is 2.51. The number of nitrogens with one attached hydrogen (secondary N) is 1. The van der Waals surface area contributed by atoms with Gasteiger partial charge in [-0.1, -0.05) is 18.2 Å². The van der Waals surface area contributed by atoms with Gasteiger partial charge in [0.25, 0.3) is 0 Å². The van der Waals surface area contributed by atoms with Crippen molar-refractivity contribution in [1.82, 2.24) is 9.80 Å². The highest BCUT2D eigenvalue weighted by molar-refractivity contribution is 8.00. The van der Waals surface area contributed by atoms with Gasteiger partial charge in [0.2, 0.25) is 17.7 Å². The lowest BCUT2D eigenvalue weighted by Crippen LogP contribution is -2.68. The van der Waals surface area contributed by atoms with E-state index in [1.165, 1.54) is 21.6 Å². The first kappa shape index (κ1) is 20.2. The Morgan fingerprint density at radius 1 is 1.27 bits per heavy atom. The van der Waals surface area contributed by atoms with Gasteiger partial charge < -0.3 is 21.1 Å². The summed E-state index contributed by atoms with van der Waals surface area (Å²) in [5, 5.41) is 12.0. The van der Waals surface area contributed by atoms with Gasteiger partial charge in [-0.2, -0.15) is 0 Å². The van der Waals surface area contributed by atoms with Crippen molar-refractivity contribution >= 4 is 41.1 Å². The smallest absolute Gasteiger partial charge is 0.352 e. The van der Waals surface area contributed by atoms with Gasteiger partial charge in [0.1, 0.15) is 23.7 Å². The molecule has 0 aromatic heterocycles. The number of aliphatic carboxylic acids is 1. The standard InChI is InChI=1S/C20H20N4O5S/c21-15-18(27)24-16(20(28)29)12(10-30-19(15)24)8-11-6-7-23(17(11)26)9-14(25)22-13-4-2-1-3-5-13/h1-5,8,15,19H,6-7,9-10,21H2,(H,22,25)(H,28,29)/b11-8+/t15-,19-/m1/s1. The molecule has 156 valence electrons. The molecule has 1 aromatic rings. The molecule has 3 aliphatic heterocycles. The Labute approximate surface area is 176 Å². The van der Waals surface area contributed by atoms with Gasteiger partial charge in [0.15, 0.2) is 0 Å². The lowest BCUT2D eigenvalue weighted by molar-refractivity contribution is -0.147. The average molecular weight is 428 g/mol. The van der Waals surface area contributed by atoms with E-state index in [9.17, 15) is 24.3 Å². The Balaban J connectivity index is 1.48. The highest BCUT2D eigenvalue weighted by atomic mass is 32.2. The number of β-lactam (4-membered cyclic amide) rings is 1. The van der Waals surface area contributed by atoms with Crippen molar-refractivity contribution < 1.29 is 24.3 Å². The summed E-state index contributed by atoms with van der Waals surface area (Å²) in [6.07, 6.45) is 1.94. The van der Waals surface area contributed by atoms with Crippen molar-refractivity contribution in [3.63, 3.8) is 0 Å². The maximum absolute atomic E-state index is 12.7. The summed E-state index contributed by atoms with van der Waals surface area (Å²) in [5.41, 5.74) is 7.10. The number of nitrogens with two attached hydrogens (primary N) is 1. The quantitative estimate of drug-likeness (QED) is 0.456. The number of nitrogens with zero attached hydrogens (tertiary/aromatic N) is 2. The maximum Gasteiger partial charge on any atom is 0.352 e. The fourth-order valence-corrected chi connectivity index (χ4v) is 4.96. The number of hydrogen-bond acceptors (Lipinski definition) is 6. The Morgan fingerprint density at radius 2 is 2.00 bits per heavy atom. The molecule has 0 radical (unpaired) electrons. The predicted octanol–water partition coefficient (Wildman–Crippen LogP) is 0.365. The lowest BCUT2D eigenvalue weighted by atomic mass is 10.0. The van der Waals surface area contributed by atoms with E-state index >= 15 is 0 Å². The molecule has 10 heteroatoms. The summed E-state index contributed by atoms with van der Waals surface area (Å²) >= 11 is 1.38. The van der Waals surface area contributed by atoms with Crippen LogP contribution in [0.2, 0.25) is 0 Å². The minimum Gasteiger partial charge on any atom is -0.477 e. The number of para-hydroxylation sites is 1. The minimum absolute atomic E-state index is 0.0911. The van der Waals surface area contributed by atoms with Crippen molar-refractivity contribution in [1.29, 1.82) is 0 Å². The molecule has 0 saturated carbocycles. The topological polar surface area (TPSA) is 133 Å². The molecule has 2 saturated heterocycles. The first-order valence-electron chi connectivity index (χ1n) is 9.38. The van der Waals surface area contributed by atoms with Crippen LogP contribution in [0.1, 0.15) is 6.42 Å². The summed E-state index contributed by atoms with van der Waals surface area (Å²) in [4.78, 5) is 51.4. The molecular formula is C20H20N4O5S. The van der Waals surface area contributed by atoms with Gasteiger partial charge in [0.05, 0.1) is 0 Å². The second-order valence-electron chi connectivity index (χ2n) is 7.18. The zero-order chi connectivity index (χ0) is 21.4. The summed E-state index contributed by atoms with van der Waals surface area (Å²) in [5.74, 6) is -1.93. The van der Waals surface area contributed by atoms with Crippen molar-refractivity contribution in [3.05, 3.63) is 53.3 Å². The third-order valence-corrected chi connectivity index (χ3v) is 6.52. The van der Waals surface area contributed by atoms with Crippen molar-refractivity contribution in [2.75, 3.05) is 24.2 Å². The molecule has 9 nitrogen and oxygen atoms in total. The molecule has 0 unspecified atom stereocenters. The van der Waals surface area contributed by atoms with Crippen molar-refractivity contribution in [2.45, 2.75) is 17.8 Å². The molecule has 30 heavy (non-hydrogen) atoms. The van der Waals surface area contributed by atoms with Crippen LogP contribution in [0, 0.1) is 0 Å². The second-order valence-corrected chi connectivity index (χ2v) is 8.28. The van der Waals surface area contributed by atoms with E-state index in [0.29, 0.717) is 35.6 Å². The van der Waals surface area contributed by atoms with Crippen LogP contribution in [0.5, 0.6) is 0 Å². The SMILES string of the molecule is N[C@@H]1C(=O)N2C(C(=O)O)=C(/C=C3\CCN(CC(=O)Nc4ccccc4)C3=O)CS[C@H]12. The lowest BCUT2D eigenvalue weighted by Gasteiger charge is -2.47. The highest BCUT2D eigenvalue weighted by Crippen LogP contribution is 2.40. The van der Waals surface area contributed by atoms with E-state index in [1.807, 2.05) is 6.07 Å². The molecule has 3 heterocycles. The molecule has 1 aromatic carbocycles. The summed E-state index contributed by atoms with van der Waals surface area (Å²) in [7, 11) is 0. The van der Waals surface area contributed by atoms with Gasteiger partial charge in [-0.25, -0.2) is 4.79 Å². The molecule has 0 aliphatic carbocycles. The number of amides is 3. The number of anilines is 1. The van der Waals surface area contributed by atoms with Gasteiger partial charge >= 0.3 is 5.97 Å². The first-order valence-corrected chi connectivity index (χ1v) is 10.4. The molecule has 3 aliphatic rings. The van der Waals surface area contributed by atoms with E-state index in [-0.39, 0.29) is 29.4 Å². The van der Waals surface area contributed by atoms with Crippen LogP contribution in [0.3, 0.4) is 0 Å². The summed E-state index contributed by atoms with van der Waals surface area (Å²) in [6, 6.07) is 8.24. The largest absolute Gasteiger partial charge is 0.477 e. The van der Waals surface area contributed by atoms with Crippen LogP contribution in [-0.4, -0.2) is 68.9 Å². The normalized spacial score (nSPS) is 24.8. The average Bonchev–Trinajstić information content (AvgIpc) is 3.06. The fourth-order valence-electron chi connectivity index (χ4n) is 3.71. The Kier molecular flexibility index (Phi) is 5.35. The minimum atomic E-state index is -1.23. The number of hydrogen-bond donors (Lipinski definition) is 3. The van der Waals surface area contributed by atoms with E-state index in [0.717, 1.165) is 0 Å². The fraction of sp³-hybridized carbons (Fsp3) is 0.300. The van der Waals surface area contributed by atoms with Crippen molar-refractivity contribution in [2.24, 2.45) is 5.73 Å². The Hall–Kier alpha value is -3.11. The third kappa shape index (κ3) is 3.59. The number of rotatable bonds is 5. The van der Waals surface area contributed by atoms with Gasteiger partial charge in [-0.3, -0.25) is 19.3 Å².